The summed E-state index contributed by atoms with van der Waals surface area (Å²) >= 11 is 4.25. The Morgan fingerprint density at radius 2 is 2.25 bits per heavy atom. The molecule has 0 amide bonds. The Balaban J connectivity index is 2.23. The van der Waals surface area contributed by atoms with Gasteiger partial charge in [-0.1, -0.05) is 0 Å². The van der Waals surface area contributed by atoms with Gasteiger partial charge < -0.3 is 10.6 Å². The first-order valence-corrected chi connectivity index (χ1v) is 3.45. The maximum Gasteiger partial charge on any atom is 0.0631 e. The maximum atomic E-state index is 4.25. The summed E-state index contributed by atoms with van der Waals surface area (Å²) in [4.78, 5) is 0. The molecule has 0 spiro atoms. The topological polar surface area (TPSA) is 24.1 Å². The third-order valence-electron chi connectivity index (χ3n) is 1.27. The van der Waals surface area contributed by atoms with E-state index in [1.807, 2.05) is 0 Å². The normalized spacial score (nSPS) is 39.8. The molecule has 48 valence electrons. The molecule has 1 fully saturated rings. The summed E-state index contributed by atoms with van der Waals surface area (Å²) in [5, 5.41) is 6.87. The van der Waals surface area contributed by atoms with Crippen molar-refractivity contribution in [1.29, 1.82) is 0 Å². The van der Waals surface area contributed by atoms with Crippen LogP contribution in [0.5, 0.6) is 0 Å². The van der Waals surface area contributed by atoms with E-state index < -0.39 is 0 Å². The zero-order valence-corrected chi connectivity index (χ0v) is 5.91. The molecule has 3 heteroatoms. The highest BCUT2D eigenvalue weighted by atomic mass is 32.1. The van der Waals surface area contributed by atoms with Gasteiger partial charge in [-0.2, -0.15) is 12.6 Å². The molecule has 1 aliphatic heterocycles. The van der Waals surface area contributed by atoms with Crippen LogP contribution in [0.2, 0.25) is 0 Å². The van der Waals surface area contributed by atoms with Crippen LogP contribution in [0.25, 0.3) is 0 Å². The van der Waals surface area contributed by atoms with Crippen molar-refractivity contribution in [1.82, 2.24) is 10.6 Å². The second-order valence-electron chi connectivity index (χ2n) is 2.24. The monoisotopic (exact) mass is 132 g/mol. The van der Waals surface area contributed by atoms with E-state index in [4.69, 9.17) is 0 Å². The zero-order valence-electron chi connectivity index (χ0n) is 5.02. The minimum Gasteiger partial charge on any atom is -0.313 e. The van der Waals surface area contributed by atoms with Gasteiger partial charge in [0.05, 0.1) is 5.37 Å². The van der Waals surface area contributed by atoms with E-state index in [0.717, 1.165) is 13.1 Å². The number of piperazine rings is 1. The first-order chi connectivity index (χ1) is 3.79. The highest BCUT2D eigenvalue weighted by Crippen LogP contribution is 1.95. The van der Waals surface area contributed by atoms with Crippen molar-refractivity contribution in [2.45, 2.75) is 18.3 Å². The third kappa shape index (κ3) is 1.65. The van der Waals surface area contributed by atoms with Crippen molar-refractivity contribution >= 4 is 12.6 Å². The van der Waals surface area contributed by atoms with Crippen LogP contribution in [0.4, 0.5) is 0 Å². The van der Waals surface area contributed by atoms with Crippen LogP contribution < -0.4 is 10.6 Å². The van der Waals surface area contributed by atoms with Crippen molar-refractivity contribution in [2.24, 2.45) is 0 Å². The Hall–Kier alpha value is 0.270. The van der Waals surface area contributed by atoms with E-state index in [0.29, 0.717) is 11.4 Å². The number of nitrogens with one attached hydrogen (secondary N) is 2. The highest BCUT2D eigenvalue weighted by Gasteiger charge is 2.11. The number of thiol groups is 1. The molecule has 0 aromatic heterocycles. The minimum absolute atomic E-state index is 0.346. The highest BCUT2D eigenvalue weighted by molar-refractivity contribution is 7.80. The molecule has 8 heavy (non-hydrogen) atoms. The van der Waals surface area contributed by atoms with E-state index in [1.54, 1.807) is 0 Å². The first-order valence-electron chi connectivity index (χ1n) is 2.94. The lowest BCUT2D eigenvalue weighted by molar-refractivity contribution is 0.422. The minimum atomic E-state index is 0.346. The molecule has 2 nitrogen and oxygen atoms in total. The van der Waals surface area contributed by atoms with Gasteiger partial charge in [0, 0.05) is 19.1 Å². The zero-order chi connectivity index (χ0) is 5.98. The van der Waals surface area contributed by atoms with Gasteiger partial charge in [-0.05, 0) is 6.92 Å². The Morgan fingerprint density at radius 1 is 1.50 bits per heavy atom. The Labute approximate surface area is 55.4 Å². The summed E-state index contributed by atoms with van der Waals surface area (Å²) in [7, 11) is 0. The summed E-state index contributed by atoms with van der Waals surface area (Å²) < 4.78 is 0. The van der Waals surface area contributed by atoms with Gasteiger partial charge in [0.1, 0.15) is 0 Å². The molecule has 2 unspecified atom stereocenters. The molecular formula is C5H12N2S. The molecule has 0 saturated carbocycles. The number of rotatable bonds is 0. The van der Waals surface area contributed by atoms with Crippen LogP contribution in [-0.4, -0.2) is 24.5 Å². The first kappa shape index (κ1) is 6.39. The van der Waals surface area contributed by atoms with Crippen LogP contribution in [-0.2, 0) is 0 Å². The molecule has 1 saturated heterocycles. The molecule has 1 heterocycles. The third-order valence-corrected chi connectivity index (χ3v) is 1.60. The molecule has 0 radical (unpaired) electrons. The van der Waals surface area contributed by atoms with Crippen LogP contribution in [0.1, 0.15) is 6.92 Å². The summed E-state index contributed by atoms with van der Waals surface area (Å²) in [6.07, 6.45) is 0. The van der Waals surface area contributed by atoms with Crippen LogP contribution in [0.3, 0.4) is 0 Å². The second-order valence-corrected chi connectivity index (χ2v) is 2.87. The van der Waals surface area contributed by atoms with Crippen LogP contribution >= 0.6 is 12.6 Å². The average molecular weight is 132 g/mol. The molecule has 1 rings (SSSR count). The van der Waals surface area contributed by atoms with Crippen molar-refractivity contribution in [2.75, 3.05) is 13.1 Å². The fourth-order valence-electron chi connectivity index (χ4n) is 0.883. The summed E-state index contributed by atoms with van der Waals surface area (Å²) in [6.45, 7) is 4.19. The van der Waals surface area contributed by atoms with E-state index in [1.165, 1.54) is 0 Å². The van der Waals surface area contributed by atoms with E-state index >= 15 is 0 Å². The Bertz CT molecular complexity index is 68.8. The van der Waals surface area contributed by atoms with E-state index in [-0.39, 0.29) is 0 Å². The van der Waals surface area contributed by atoms with E-state index in [2.05, 4.69) is 30.2 Å². The van der Waals surface area contributed by atoms with Gasteiger partial charge in [0.25, 0.3) is 0 Å². The predicted octanol–water partition coefficient (Wildman–Crippen LogP) is -0.176. The van der Waals surface area contributed by atoms with Gasteiger partial charge in [-0.3, -0.25) is 0 Å². The molecule has 0 aliphatic carbocycles. The van der Waals surface area contributed by atoms with Gasteiger partial charge >= 0.3 is 0 Å². The van der Waals surface area contributed by atoms with Crippen molar-refractivity contribution in [3.63, 3.8) is 0 Å². The molecule has 0 bridgehead atoms. The van der Waals surface area contributed by atoms with Gasteiger partial charge in [-0.15, -0.1) is 0 Å². The van der Waals surface area contributed by atoms with Crippen molar-refractivity contribution in [3.05, 3.63) is 0 Å². The summed E-state index contributed by atoms with van der Waals surface area (Å²) in [5.41, 5.74) is 0. The van der Waals surface area contributed by atoms with Crippen LogP contribution in [0.15, 0.2) is 0 Å². The smallest absolute Gasteiger partial charge is 0.0631 e. The molecule has 0 aromatic carbocycles. The summed E-state index contributed by atoms with van der Waals surface area (Å²) in [6, 6.07) is 0.575. The van der Waals surface area contributed by atoms with Gasteiger partial charge in [0.15, 0.2) is 0 Å². The van der Waals surface area contributed by atoms with Crippen molar-refractivity contribution in [3.8, 4) is 0 Å². The second kappa shape index (κ2) is 2.71. The summed E-state index contributed by atoms with van der Waals surface area (Å²) in [5.74, 6) is 0. The Morgan fingerprint density at radius 3 is 2.62 bits per heavy atom. The predicted molar refractivity (Wildman–Crippen MR) is 38.2 cm³/mol. The van der Waals surface area contributed by atoms with Crippen LogP contribution in [0, 0.1) is 0 Å². The number of hydrogen-bond acceptors (Lipinski definition) is 3. The standard InChI is InChI=1S/C5H12N2S/c1-4-2-6-3-5(8)7-4/h4-8H,2-3H2,1H3. The fraction of sp³-hybridized carbons (Fsp3) is 1.00. The van der Waals surface area contributed by atoms with E-state index in [9.17, 15) is 0 Å². The molecule has 0 aromatic rings. The Kier molecular flexibility index (Phi) is 2.16. The maximum absolute atomic E-state index is 4.25. The molecule has 2 atom stereocenters. The van der Waals surface area contributed by atoms with Crippen molar-refractivity contribution < 1.29 is 0 Å². The molecule has 2 N–H and O–H groups in total. The van der Waals surface area contributed by atoms with Gasteiger partial charge in [0.2, 0.25) is 0 Å². The quantitative estimate of drug-likeness (QED) is 0.398. The number of hydrogen-bond donors (Lipinski definition) is 3. The lowest BCUT2D eigenvalue weighted by atomic mass is 10.3. The van der Waals surface area contributed by atoms with Gasteiger partial charge in [-0.25, -0.2) is 0 Å². The SMILES string of the molecule is CC1CNCC(S)N1. The lowest BCUT2D eigenvalue weighted by Gasteiger charge is -2.25. The molecule has 1 aliphatic rings. The fourth-order valence-corrected chi connectivity index (χ4v) is 1.27. The lowest BCUT2D eigenvalue weighted by Crippen LogP contribution is -2.51. The largest absolute Gasteiger partial charge is 0.313 e. The molecular weight excluding hydrogens is 120 g/mol. The average Bonchev–Trinajstić information content (AvgIpc) is 1.64.